The van der Waals surface area contributed by atoms with E-state index in [0.717, 1.165) is 19.3 Å². The van der Waals surface area contributed by atoms with Crippen LogP contribution in [-0.4, -0.2) is 15.5 Å². The molecule has 3 atom stereocenters. The first kappa shape index (κ1) is 13.7. The van der Waals surface area contributed by atoms with Crippen LogP contribution < -0.4 is 5.73 Å². The molecule has 0 aromatic heterocycles. The van der Waals surface area contributed by atoms with E-state index in [4.69, 9.17) is 5.73 Å². The zero-order chi connectivity index (χ0) is 13.3. The van der Waals surface area contributed by atoms with E-state index >= 15 is 0 Å². The largest absolute Gasteiger partial charge is 0.327 e. The number of benzene rings is 1. The van der Waals surface area contributed by atoms with Crippen molar-refractivity contribution >= 4 is 10.8 Å². The Kier molecular flexibility index (Phi) is 3.87. The molecule has 0 aliphatic heterocycles. The monoisotopic (exact) mass is 269 g/mol. The number of hydrogen-bond donors (Lipinski definition) is 1. The van der Waals surface area contributed by atoms with Crippen molar-refractivity contribution in [2.45, 2.75) is 49.3 Å². The molecule has 0 saturated heterocycles. The van der Waals surface area contributed by atoms with E-state index in [1.807, 2.05) is 0 Å². The van der Waals surface area contributed by atoms with E-state index in [-0.39, 0.29) is 22.5 Å². The fraction of sp³-hybridized carbons (Fsp3) is 0.571. The van der Waals surface area contributed by atoms with Crippen LogP contribution >= 0.6 is 0 Å². The Labute approximate surface area is 110 Å². The van der Waals surface area contributed by atoms with Crippen molar-refractivity contribution in [1.29, 1.82) is 0 Å². The molecular formula is C14H20FNOS. The van der Waals surface area contributed by atoms with Gasteiger partial charge in [0.05, 0.1) is 16.0 Å². The van der Waals surface area contributed by atoms with Crippen molar-refractivity contribution in [2.24, 2.45) is 11.1 Å². The molecule has 1 fully saturated rings. The smallest absolute Gasteiger partial charge is 0.124 e. The third kappa shape index (κ3) is 2.98. The van der Waals surface area contributed by atoms with Crippen LogP contribution in [0.5, 0.6) is 0 Å². The van der Waals surface area contributed by atoms with E-state index in [1.54, 1.807) is 12.1 Å². The van der Waals surface area contributed by atoms with Crippen LogP contribution in [0.25, 0.3) is 0 Å². The molecule has 0 heterocycles. The summed E-state index contributed by atoms with van der Waals surface area (Å²) >= 11 is 0. The highest BCUT2D eigenvalue weighted by Gasteiger charge is 2.36. The maximum absolute atomic E-state index is 13.2. The molecule has 2 rings (SSSR count). The van der Waals surface area contributed by atoms with Gasteiger partial charge in [-0.3, -0.25) is 4.21 Å². The van der Waals surface area contributed by atoms with Gasteiger partial charge in [0, 0.05) is 10.9 Å². The van der Waals surface area contributed by atoms with E-state index in [0.29, 0.717) is 4.90 Å². The minimum absolute atomic E-state index is 0.0536. The topological polar surface area (TPSA) is 43.1 Å². The molecule has 18 heavy (non-hydrogen) atoms. The quantitative estimate of drug-likeness (QED) is 0.897. The summed E-state index contributed by atoms with van der Waals surface area (Å²) in [6.07, 6.45) is 2.78. The predicted molar refractivity (Wildman–Crippen MR) is 72.2 cm³/mol. The molecule has 0 amide bonds. The molecule has 3 unspecified atom stereocenters. The molecule has 2 nitrogen and oxygen atoms in total. The van der Waals surface area contributed by atoms with Gasteiger partial charge in [-0.25, -0.2) is 4.39 Å². The number of nitrogens with two attached hydrogens (primary N) is 1. The summed E-state index contributed by atoms with van der Waals surface area (Å²) in [6.45, 7) is 4.35. The van der Waals surface area contributed by atoms with Crippen molar-refractivity contribution in [2.75, 3.05) is 0 Å². The van der Waals surface area contributed by atoms with Crippen molar-refractivity contribution in [1.82, 2.24) is 0 Å². The Morgan fingerprint density at radius 1 is 1.44 bits per heavy atom. The maximum Gasteiger partial charge on any atom is 0.124 e. The minimum Gasteiger partial charge on any atom is -0.327 e. The van der Waals surface area contributed by atoms with Gasteiger partial charge in [0.25, 0.3) is 0 Å². The van der Waals surface area contributed by atoms with Gasteiger partial charge in [-0.2, -0.15) is 0 Å². The summed E-state index contributed by atoms with van der Waals surface area (Å²) in [5.41, 5.74) is 6.26. The first-order chi connectivity index (χ1) is 8.39. The molecule has 1 saturated carbocycles. The molecular weight excluding hydrogens is 249 g/mol. The van der Waals surface area contributed by atoms with E-state index < -0.39 is 10.8 Å². The summed E-state index contributed by atoms with van der Waals surface area (Å²) in [7, 11) is -1.22. The summed E-state index contributed by atoms with van der Waals surface area (Å²) in [5.74, 6) is -0.343. The lowest BCUT2D eigenvalue weighted by molar-refractivity contribution is 0.230. The predicted octanol–water partition coefficient (Wildman–Crippen LogP) is 2.84. The van der Waals surface area contributed by atoms with Gasteiger partial charge in [-0.15, -0.1) is 0 Å². The molecule has 4 heteroatoms. The molecule has 1 aliphatic carbocycles. The lowest BCUT2D eigenvalue weighted by atomic mass is 9.75. The van der Waals surface area contributed by atoms with Crippen molar-refractivity contribution in [3.8, 4) is 0 Å². The Hall–Kier alpha value is -0.740. The van der Waals surface area contributed by atoms with E-state index in [9.17, 15) is 8.60 Å². The fourth-order valence-corrected chi connectivity index (χ4v) is 4.39. The van der Waals surface area contributed by atoms with Crippen LogP contribution in [0.15, 0.2) is 29.2 Å². The minimum atomic E-state index is -1.22. The average Bonchev–Trinajstić information content (AvgIpc) is 2.31. The van der Waals surface area contributed by atoms with Gasteiger partial charge in [0.1, 0.15) is 5.82 Å². The third-order valence-electron chi connectivity index (χ3n) is 3.69. The number of hydrogen-bond acceptors (Lipinski definition) is 2. The van der Waals surface area contributed by atoms with Crippen molar-refractivity contribution < 1.29 is 8.60 Å². The van der Waals surface area contributed by atoms with Gasteiger partial charge in [-0.05, 0) is 42.9 Å². The lowest BCUT2D eigenvalue weighted by Gasteiger charge is -2.38. The highest BCUT2D eigenvalue weighted by molar-refractivity contribution is 7.85. The molecule has 0 bridgehead atoms. The molecule has 100 valence electrons. The lowest BCUT2D eigenvalue weighted by Crippen LogP contribution is -2.45. The highest BCUT2D eigenvalue weighted by Crippen LogP contribution is 2.38. The second-order valence-electron chi connectivity index (χ2n) is 5.86. The molecule has 1 aromatic carbocycles. The second-order valence-corrected chi connectivity index (χ2v) is 7.54. The van der Waals surface area contributed by atoms with Crippen LogP contribution in [0, 0.1) is 11.2 Å². The van der Waals surface area contributed by atoms with Crippen LogP contribution in [0.1, 0.15) is 33.1 Å². The standard InChI is InChI=1S/C14H20FNOS/c1-14(2)7-6-12(16)13(9-14)18(17)11-5-3-4-10(15)8-11/h3-5,8,12-13H,6-7,9,16H2,1-2H3. The van der Waals surface area contributed by atoms with Gasteiger partial charge in [0.15, 0.2) is 0 Å². The summed E-state index contributed by atoms with van der Waals surface area (Å²) < 4.78 is 25.7. The van der Waals surface area contributed by atoms with Crippen LogP contribution in [0.2, 0.25) is 0 Å². The van der Waals surface area contributed by atoms with Crippen LogP contribution in [0.3, 0.4) is 0 Å². The maximum atomic E-state index is 13.2. The first-order valence-corrected chi connectivity index (χ1v) is 7.52. The highest BCUT2D eigenvalue weighted by atomic mass is 32.2. The molecule has 1 aromatic rings. The normalized spacial score (nSPS) is 28.9. The first-order valence-electron chi connectivity index (χ1n) is 6.31. The van der Waals surface area contributed by atoms with E-state index in [1.165, 1.54) is 12.1 Å². The second kappa shape index (κ2) is 5.10. The Balaban J connectivity index is 2.22. The Morgan fingerprint density at radius 3 is 2.83 bits per heavy atom. The summed E-state index contributed by atoms with van der Waals surface area (Å²) in [6, 6.07) is 5.98. The van der Waals surface area contributed by atoms with Gasteiger partial charge >= 0.3 is 0 Å². The van der Waals surface area contributed by atoms with E-state index in [2.05, 4.69) is 13.8 Å². The number of halogens is 1. The molecule has 1 aliphatic rings. The number of rotatable bonds is 2. The van der Waals surface area contributed by atoms with Gasteiger partial charge in [-0.1, -0.05) is 19.9 Å². The van der Waals surface area contributed by atoms with Crippen LogP contribution in [0.4, 0.5) is 4.39 Å². The SMILES string of the molecule is CC1(C)CCC(N)C(S(=O)c2cccc(F)c2)C1. The molecule has 0 radical (unpaired) electrons. The van der Waals surface area contributed by atoms with Crippen molar-refractivity contribution in [3.05, 3.63) is 30.1 Å². The summed E-state index contributed by atoms with van der Waals surface area (Å²) in [5, 5.41) is -0.0736. The van der Waals surface area contributed by atoms with Crippen LogP contribution in [-0.2, 0) is 10.8 Å². The summed E-state index contributed by atoms with van der Waals surface area (Å²) in [4.78, 5) is 0.549. The zero-order valence-electron chi connectivity index (χ0n) is 10.9. The van der Waals surface area contributed by atoms with Crippen molar-refractivity contribution in [3.63, 3.8) is 0 Å². The molecule has 2 N–H and O–H groups in total. The Bertz CT molecular complexity index is 461. The fourth-order valence-electron chi connectivity index (χ4n) is 2.54. The molecule has 0 spiro atoms. The third-order valence-corrected chi connectivity index (χ3v) is 5.47. The zero-order valence-corrected chi connectivity index (χ0v) is 11.7. The average molecular weight is 269 g/mol. The van der Waals surface area contributed by atoms with Gasteiger partial charge < -0.3 is 5.73 Å². The van der Waals surface area contributed by atoms with Gasteiger partial charge in [0.2, 0.25) is 0 Å². The Morgan fingerprint density at radius 2 is 2.17 bits per heavy atom.